The van der Waals surface area contributed by atoms with Crippen LogP contribution in [0.2, 0.25) is 0 Å². The summed E-state index contributed by atoms with van der Waals surface area (Å²) in [6.07, 6.45) is 3.85. The van der Waals surface area contributed by atoms with Crippen LogP contribution in [0.4, 0.5) is 11.5 Å². The van der Waals surface area contributed by atoms with E-state index in [0.717, 1.165) is 41.2 Å². The fourth-order valence-corrected chi connectivity index (χ4v) is 2.70. The lowest BCUT2D eigenvalue weighted by molar-refractivity contribution is 0.415. The average Bonchev–Trinajstić information content (AvgIpc) is 2.99. The summed E-state index contributed by atoms with van der Waals surface area (Å²) < 4.78 is 7.03. The minimum absolute atomic E-state index is 0.852. The second kappa shape index (κ2) is 6.78. The molecule has 0 unspecified atom stereocenters. The van der Waals surface area contributed by atoms with Crippen LogP contribution in [0.1, 0.15) is 0 Å². The zero-order valence-electron chi connectivity index (χ0n) is 14.6. The van der Waals surface area contributed by atoms with Gasteiger partial charge in [-0.05, 0) is 30.3 Å². The molecular formula is C18H23N5O. The molecule has 24 heavy (non-hydrogen) atoms. The molecule has 0 saturated carbocycles. The predicted molar refractivity (Wildman–Crippen MR) is 98.0 cm³/mol. The highest BCUT2D eigenvalue weighted by atomic mass is 16.5. The maximum atomic E-state index is 5.20. The number of aromatic nitrogens is 3. The monoisotopic (exact) mass is 325 g/mol. The number of anilines is 2. The van der Waals surface area contributed by atoms with Crippen molar-refractivity contribution in [1.82, 2.24) is 14.8 Å². The number of hydrogen-bond acceptors (Lipinski definition) is 5. The van der Waals surface area contributed by atoms with Gasteiger partial charge in [0.15, 0.2) is 5.82 Å². The summed E-state index contributed by atoms with van der Waals surface area (Å²) >= 11 is 0. The lowest BCUT2D eigenvalue weighted by Crippen LogP contribution is -2.31. The summed E-state index contributed by atoms with van der Waals surface area (Å²) in [5, 5.41) is 5.63. The predicted octanol–water partition coefficient (Wildman–Crippen LogP) is 2.55. The number of rotatable bonds is 6. The Labute approximate surface area is 142 Å². The molecule has 0 aliphatic carbocycles. The lowest BCUT2D eigenvalue weighted by atomic mass is 10.2. The zero-order valence-corrected chi connectivity index (χ0v) is 14.6. The number of benzene rings is 1. The van der Waals surface area contributed by atoms with Crippen LogP contribution in [0.3, 0.4) is 0 Å². The number of ether oxygens (including phenoxy) is 1. The molecule has 6 heteroatoms. The highest BCUT2D eigenvalue weighted by molar-refractivity contribution is 5.88. The SMILES string of the molecule is COc1ccc(N(C)CCN(C)c2nccc3cn(C)nc23)cc1. The van der Waals surface area contributed by atoms with Crippen LogP contribution in [0.25, 0.3) is 10.9 Å². The van der Waals surface area contributed by atoms with Gasteiger partial charge in [-0.15, -0.1) is 0 Å². The average molecular weight is 325 g/mol. The van der Waals surface area contributed by atoms with Gasteiger partial charge in [0.05, 0.1) is 7.11 Å². The van der Waals surface area contributed by atoms with E-state index in [-0.39, 0.29) is 0 Å². The van der Waals surface area contributed by atoms with Crippen molar-refractivity contribution in [3.05, 3.63) is 42.7 Å². The van der Waals surface area contributed by atoms with Gasteiger partial charge in [0.25, 0.3) is 0 Å². The van der Waals surface area contributed by atoms with Gasteiger partial charge >= 0.3 is 0 Å². The highest BCUT2D eigenvalue weighted by Crippen LogP contribution is 2.22. The first-order valence-electron chi connectivity index (χ1n) is 7.93. The Kier molecular flexibility index (Phi) is 4.55. The van der Waals surface area contributed by atoms with E-state index in [1.165, 1.54) is 0 Å². The highest BCUT2D eigenvalue weighted by Gasteiger charge is 2.11. The van der Waals surface area contributed by atoms with Crippen molar-refractivity contribution < 1.29 is 4.74 Å². The van der Waals surface area contributed by atoms with Crippen molar-refractivity contribution >= 4 is 22.4 Å². The third-order valence-electron chi connectivity index (χ3n) is 4.17. The minimum atomic E-state index is 0.852. The summed E-state index contributed by atoms with van der Waals surface area (Å²) in [5.41, 5.74) is 2.10. The first-order valence-corrected chi connectivity index (χ1v) is 7.93. The lowest BCUT2D eigenvalue weighted by Gasteiger charge is -2.24. The minimum Gasteiger partial charge on any atom is -0.497 e. The molecule has 0 bridgehead atoms. The van der Waals surface area contributed by atoms with E-state index in [4.69, 9.17) is 4.74 Å². The maximum Gasteiger partial charge on any atom is 0.156 e. The molecule has 0 fully saturated rings. The Morgan fingerprint density at radius 3 is 2.46 bits per heavy atom. The van der Waals surface area contributed by atoms with Gasteiger partial charge in [0, 0.05) is 57.7 Å². The van der Waals surface area contributed by atoms with Crippen LogP contribution in [0, 0.1) is 0 Å². The third kappa shape index (κ3) is 3.27. The second-order valence-electron chi connectivity index (χ2n) is 5.92. The summed E-state index contributed by atoms with van der Waals surface area (Å²) in [6, 6.07) is 10.1. The van der Waals surface area contributed by atoms with Crippen molar-refractivity contribution in [2.24, 2.45) is 7.05 Å². The van der Waals surface area contributed by atoms with Gasteiger partial charge in [-0.25, -0.2) is 4.98 Å². The van der Waals surface area contributed by atoms with E-state index in [1.807, 2.05) is 42.3 Å². The summed E-state index contributed by atoms with van der Waals surface area (Å²) in [6.45, 7) is 1.74. The normalized spacial score (nSPS) is 10.8. The van der Waals surface area contributed by atoms with Crippen LogP contribution in [-0.4, -0.2) is 49.1 Å². The van der Waals surface area contributed by atoms with Crippen LogP contribution >= 0.6 is 0 Å². The molecule has 2 heterocycles. The maximum absolute atomic E-state index is 5.20. The van der Waals surface area contributed by atoms with Gasteiger partial charge in [0.1, 0.15) is 11.3 Å². The van der Waals surface area contributed by atoms with Crippen LogP contribution < -0.4 is 14.5 Å². The Morgan fingerprint density at radius 1 is 1.04 bits per heavy atom. The molecule has 0 radical (unpaired) electrons. The second-order valence-corrected chi connectivity index (χ2v) is 5.92. The van der Waals surface area contributed by atoms with Gasteiger partial charge in [-0.2, -0.15) is 5.10 Å². The topological polar surface area (TPSA) is 46.4 Å². The molecular weight excluding hydrogens is 302 g/mol. The summed E-state index contributed by atoms with van der Waals surface area (Å²) in [7, 11) is 7.75. The third-order valence-corrected chi connectivity index (χ3v) is 4.17. The van der Waals surface area contributed by atoms with Crippen molar-refractivity contribution in [3.8, 4) is 5.75 Å². The molecule has 0 amide bonds. The smallest absolute Gasteiger partial charge is 0.156 e. The van der Waals surface area contributed by atoms with E-state index >= 15 is 0 Å². The zero-order chi connectivity index (χ0) is 17.1. The van der Waals surface area contributed by atoms with E-state index in [1.54, 1.807) is 7.11 Å². The van der Waals surface area contributed by atoms with Gasteiger partial charge < -0.3 is 14.5 Å². The molecule has 6 nitrogen and oxygen atoms in total. The first kappa shape index (κ1) is 16.1. The first-order chi connectivity index (χ1) is 11.6. The molecule has 0 spiro atoms. The van der Waals surface area contributed by atoms with E-state index in [9.17, 15) is 0 Å². The van der Waals surface area contributed by atoms with Crippen LogP contribution in [0.5, 0.6) is 5.75 Å². The van der Waals surface area contributed by atoms with Crippen LogP contribution in [0.15, 0.2) is 42.7 Å². The molecule has 0 atom stereocenters. The van der Waals surface area contributed by atoms with Crippen molar-refractivity contribution in [2.45, 2.75) is 0 Å². The molecule has 0 aliphatic rings. The molecule has 3 rings (SSSR count). The Balaban J connectivity index is 1.68. The number of fused-ring (bicyclic) bond motifs is 1. The standard InChI is InChI=1S/C18H23N5O/c1-21(15-5-7-16(24-4)8-6-15)11-12-22(2)18-17-14(9-10-19-18)13-23(3)20-17/h5-10,13H,11-12H2,1-4H3. The number of hydrogen-bond donors (Lipinski definition) is 0. The van der Waals surface area contributed by atoms with Crippen LogP contribution in [-0.2, 0) is 7.05 Å². The van der Waals surface area contributed by atoms with Crippen molar-refractivity contribution in [3.63, 3.8) is 0 Å². The van der Waals surface area contributed by atoms with Gasteiger partial charge in [-0.3, -0.25) is 4.68 Å². The molecule has 1 aromatic carbocycles. The van der Waals surface area contributed by atoms with E-state index in [0.29, 0.717) is 0 Å². The summed E-state index contributed by atoms with van der Waals surface area (Å²) in [4.78, 5) is 8.87. The van der Waals surface area contributed by atoms with Gasteiger partial charge in [-0.1, -0.05) is 0 Å². The largest absolute Gasteiger partial charge is 0.497 e. The Morgan fingerprint density at radius 2 is 1.75 bits per heavy atom. The number of likely N-dealkylation sites (N-methyl/N-ethyl adjacent to an activating group) is 2. The number of nitrogens with zero attached hydrogens (tertiary/aromatic N) is 5. The van der Waals surface area contributed by atoms with Crippen molar-refractivity contribution in [1.29, 1.82) is 0 Å². The molecule has 3 aromatic rings. The molecule has 0 aliphatic heterocycles. The Hall–Kier alpha value is -2.76. The fourth-order valence-electron chi connectivity index (χ4n) is 2.70. The summed E-state index contributed by atoms with van der Waals surface area (Å²) in [5.74, 6) is 1.78. The number of pyridine rings is 1. The molecule has 0 saturated heterocycles. The molecule has 2 aromatic heterocycles. The quantitative estimate of drug-likeness (QED) is 0.697. The molecule has 0 N–H and O–H groups in total. The molecule has 126 valence electrons. The fraction of sp³-hybridized carbons (Fsp3) is 0.333. The van der Waals surface area contributed by atoms with E-state index < -0.39 is 0 Å². The van der Waals surface area contributed by atoms with Crippen molar-refractivity contribution in [2.75, 3.05) is 44.1 Å². The Bertz CT molecular complexity index is 812. The van der Waals surface area contributed by atoms with Gasteiger partial charge in [0.2, 0.25) is 0 Å². The number of methoxy groups -OCH3 is 1. The van der Waals surface area contributed by atoms with E-state index in [2.05, 4.69) is 46.1 Å². The number of aryl methyl sites for hydroxylation is 1.